The smallest absolute Gasteiger partial charge is 0.237 e. The molecule has 1 heterocycles. The van der Waals surface area contributed by atoms with Gasteiger partial charge in [0.05, 0.1) is 29.7 Å². The van der Waals surface area contributed by atoms with E-state index in [0.29, 0.717) is 34.7 Å². The summed E-state index contributed by atoms with van der Waals surface area (Å²) < 4.78 is 11.0. The fraction of sp³-hybridized carbons (Fsp3) is 0.278. The van der Waals surface area contributed by atoms with Crippen molar-refractivity contribution >= 4 is 23.6 Å². The molecule has 1 aromatic carbocycles. The summed E-state index contributed by atoms with van der Waals surface area (Å²) in [4.78, 5) is 19.4. The van der Waals surface area contributed by atoms with Crippen LogP contribution in [0.2, 0.25) is 5.02 Å². The van der Waals surface area contributed by atoms with E-state index in [-0.39, 0.29) is 11.9 Å². The minimum absolute atomic E-state index is 0.0822. The quantitative estimate of drug-likeness (QED) is 0.810. The van der Waals surface area contributed by atoms with Gasteiger partial charge in [-0.15, -0.1) is 0 Å². The number of carbonyl (C=O) groups excluding carboxylic acids is 1. The number of nitrogens with one attached hydrogen (secondary N) is 1. The number of carbonyl (C=O) groups is 1. The summed E-state index contributed by atoms with van der Waals surface area (Å²) in [6.45, 7) is 5.78. The van der Waals surface area contributed by atoms with Crippen LogP contribution in [0.1, 0.15) is 26.5 Å². The number of hydrogen-bond acceptors (Lipinski definition) is 5. The summed E-state index contributed by atoms with van der Waals surface area (Å²) in [5.41, 5.74) is 0.661. The van der Waals surface area contributed by atoms with Crippen LogP contribution < -0.4 is 14.8 Å². The third-order valence-electron chi connectivity index (χ3n) is 3.06. The van der Waals surface area contributed by atoms with Crippen molar-refractivity contribution in [1.29, 1.82) is 0 Å². The first kappa shape index (κ1) is 18.7. The minimum Gasteiger partial charge on any atom is -0.492 e. The molecular weight excluding hydrogens is 342 g/mol. The van der Waals surface area contributed by atoms with Crippen molar-refractivity contribution in [3.63, 3.8) is 0 Å². The Morgan fingerprint density at radius 2 is 2.16 bits per heavy atom. The summed E-state index contributed by atoms with van der Waals surface area (Å²) in [5, 5.41) is 3.23. The lowest BCUT2D eigenvalue weighted by atomic mass is 10.2. The number of hydrogen-bond donors (Lipinski definition) is 1. The highest BCUT2D eigenvalue weighted by atomic mass is 35.5. The van der Waals surface area contributed by atoms with Crippen LogP contribution in [0.15, 0.2) is 36.7 Å². The number of rotatable bonds is 7. The SMILES string of the molecule is CCOc1ccc(Oc2cnc(/C=C/[C@H](C)NC(C)=O)cn2)cc1Cl. The van der Waals surface area contributed by atoms with E-state index in [2.05, 4.69) is 15.3 Å². The van der Waals surface area contributed by atoms with Gasteiger partial charge in [-0.1, -0.05) is 17.7 Å². The maximum absolute atomic E-state index is 11.0. The molecule has 2 rings (SSSR count). The van der Waals surface area contributed by atoms with E-state index < -0.39 is 0 Å². The highest BCUT2D eigenvalue weighted by Gasteiger charge is 2.05. The highest BCUT2D eigenvalue weighted by Crippen LogP contribution is 2.30. The molecular formula is C18H20ClN3O3. The average Bonchev–Trinajstić information content (AvgIpc) is 2.56. The van der Waals surface area contributed by atoms with E-state index in [1.54, 1.807) is 30.5 Å². The topological polar surface area (TPSA) is 73.3 Å². The summed E-state index contributed by atoms with van der Waals surface area (Å²) in [7, 11) is 0. The first-order valence-electron chi connectivity index (χ1n) is 7.85. The highest BCUT2D eigenvalue weighted by molar-refractivity contribution is 6.32. The molecule has 0 aliphatic heterocycles. The third-order valence-corrected chi connectivity index (χ3v) is 3.36. The summed E-state index contributed by atoms with van der Waals surface area (Å²) in [6, 6.07) is 5.08. The molecule has 1 amide bonds. The van der Waals surface area contributed by atoms with E-state index >= 15 is 0 Å². The number of aromatic nitrogens is 2. The fourth-order valence-corrected chi connectivity index (χ4v) is 2.24. The molecule has 2 aromatic rings. The Kier molecular flexibility index (Phi) is 6.77. The Hall–Kier alpha value is -2.60. The van der Waals surface area contributed by atoms with Crippen LogP contribution in [0.25, 0.3) is 6.08 Å². The van der Waals surface area contributed by atoms with Crippen LogP contribution in [0.4, 0.5) is 0 Å². The lowest BCUT2D eigenvalue weighted by Gasteiger charge is -2.08. The van der Waals surface area contributed by atoms with Crippen LogP contribution in [0.5, 0.6) is 17.4 Å². The standard InChI is InChI=1S/C18H20ClN3O3/c1-4-24-17-8-7-15(9-16(17)19)25-18-11-20-14(10-21-18)6-5-12(2)22-13(3)23/h5-12H,4H2,1-3H3,(H,22,23)/b6-5+/t12-/m0/s1. The maximum atomic E-state index is 11.0. The molecule has 25 heavy (non-hydrogen) atoms. The summed E-state index contributed by atoms with van der Waals surface area (Å²) in [6.07, 6.45) is 6.72. The summed E-state index contributed by atoms with van der Waals surface area (Å²) >= 11 is 6.13. The Morgan fingerprint density at radius 3 is 2.76 bits per heavy atom. The van der Waals surface area contributed by atoms with Gasteiger partial charge in [-0.2, -0.15) is 0 Å². The number of amides is 1. The minimum atomic E-state index is -0.0824. The second-order valence-corrected chi connectivity index (χ2v) is 5.66. The monoisotopic (exact) mass is 361 g/mol. The Bertz CT molecular complexity index is 748. The Balaban J connectivity index is 1.99. The van der Waals surface area contributed by atoms with Crippen LogP contribution >= 0.6 is 11.6 Å². The first-order chi connectivity index (χ1) is 12.0. The second-order valence-electron chi connectivity index (χ2n) is 5.26. The first-order valence-corrected chi connectivity index (χ1v) is 8.23. The number of halogens is 1. The van der Waals surface area contributed by atoms with Crippen molar-refractivity contribution in [1.82, 2.24) is 15.3 Å². The number of benzene rings is 1. The van der Waals surface area contributed by atoms with Crippen molar-refractivity contribution in [3.8, 4) is 17.4 Å². The van der Waals surface area contributed by atoms with Crippen LogP contribution in [0.3, 0.4) is 0 Å². The molecule has 7 heteroatoms. The van der Waals surface area contributed by atoms with Gasteiger partial charge in [0.2, 0.25) is 11.8 Å². The predicted molar refractivity (Wildman–Crippen MR) is 97.0 cm³/mol. The zero-order valence-corrected chi connectivity index (χ0v) is 15.1. The molecule has 0 saturated carbocycles. The van der Waals surface area contributed by atoms with E-state index in [1.165, 1.54) is 13.1 Å². The van der Waals surface area contributed by atoms with Crippen molar-refractivity contribution < 1.29 is 14.3 Å². The van der Waals surface area contributed by atoms with E-state index in [4.69, 9.17) is 21.1 Å². The maximum Gasteiger partial charge on any atom is 0.237 e. The van der Waals surface area contributed by atoms with Gasteiger partial charge in [-0.05, 0) is 32.1 Å². The largest absolute Gasteiger partial charge is 0.492 e. The molecule has 0 unspecified atom stereocenters. The van der Waals surface area contributed by atoms with Crippen LogP contribution in [-0.2, 0) is 4.79 Å². The van der Waals surface area contributed by atoms with Gasteiger partial charge in [0.15, 0.2) is 0 Å². The number of ether oxygens (including phenoxy) is 2. The molecule has 1 atom stereocenters. The van der Waals surface area contributed by atoms with Crippen molar-refractivity contribution in [2.24, 2.45) is 0 Å². The van der Waals surface area contributed by atoms with Gasteiger partial charge in [0.1, 0.15) is 11.5 Å². The molecule has 132 valence electrons. The molecule has 1 N–H and O–H groups in total. The molecule has 0 bridgehead atoms. The average molecular weight is 362 g/mol. The van der Waals surface area contributed by atoms with Crippen molar-refractivity contribution in [2.75, 3.05) is 6.61 Å². The normalized spacial score (nSPS) is 12.0. The molecule has 1 aromatic heterocycles. The summed E-state index contributed by atoms with van der Waals surface area (Å²) in [5.74, 6) is 1.43. The molecule has 0 saturated heterocycles. The van der Waals surface area contributed by atoms with Gasteiger partial charge >= 0.3 is 0 Å². The molecule has 0 aliphatic rings. The van der Waals surface area contributed by atoms with Crippen LogP contribution in [0, 0.1) is 0 Å². The molecule has 0 fully saturated rings. The molecule has 6 nitrogen and oxygen atoms in total. The third kappa shape index (κ3) is 6.08. The van der Waals surface area contributed by atoms with E-state index in [0.717, 1.165) is 0 Å². The lowest BCUT2D eigenvalue weighted by Crippen LogP contribution is -2.28. The second kappa shape index (κ2) is 9.03. The fourth-order valence-electron chi connectivity index (χ4n) is 2.01. The van der Waals surface area contributed by atoms with Gasteiger partial charge in [-0.3, -0.25) is 4.79 Å². The van der Waals surface area contributed by atoms with Crippen molar-refractivity contribution in [3.05, 3.63) is 47.4 Å². The Morgan fingerprint density at radius 1 is 1.36 bits per heavy atom. The van der Waals surface area contributed by atoms with Gasteiger partial charge in [0.25, 0.3) is 0 Å². The zero-order chi connectivity index (χ0) is 18.2. The molecule has 0 radical (unpaired) electrons. The van der Waals surface area contributed by atoms with Gasteiger partial charge < -0.3 is 14.8 Å². The lowest BCUT2D eigenvalue weighted by molar-refractivity contribution is -0.119. The molecule has 0 aliphatic carbocycles. The predicted octanol–water partition coefficient (Wildman–Crippen LogP) is 3.86. The van der Waals surface area contributed by atoms with Crippen LogP contribution in [-0.4, -0.2) is 28.5 Å². The van der Waals surface area contributed by atoms with Gasteiger partial charge in [-0.25, -0.2) is 9.97 Å². The zero-order valence-electron chi connectivity index (χ0n) is 14.3. The molecule has 0 spiro atoms. The Labute approximate surface area is 151 Å². The van der Waals surface area contributed by atoms with E-state index in [1.807, 2.05) is 19.9 Å². The van der Waals surface area contributed by atoms with Crippen molar-refractivity contribution in [2.45, 2.75) is 26.8 Å². The van der Waals surface area contributed by atoms with E-state index in [9.17, 15) is 4.79 Å². The van der Waals surface area contributed by atoms with Gasteiger partial charge in [0, 0.05) is 19.0 Å². The number of nitrogens with zero attached hydrogens (tertiary/aromatic N) is 2.